The highest BCUT2D eigenvalue weighted by Gasteiger charge is 2.16. The van der Waals surface area contributed by atoms with Crippen LogP contribution >= 0.6 is 11.3 Å². The highest BCUT2D eigenvalue weighted by atomic mass is 32.1. The third-order valence-electron chi connectivity index (χ3n) is 4.21. The van der Waals surface area contributed by atoms with E-state index in [2.05, 4.69) is 33.5 Å². The smallest absolute Gasteiger partial charge is 0.257 e. The van der Waals surface area contributed by atoms with Gasteiger partial charge in [0.2, 0.25) is 11.8 Å². The number of aromatic nitrogens is 2. The predicted molar refractivity (Wildman–Crippen MR) is 116 cm³/mol. The van der Waals surface area contributed by atoms with Crippen LogP contribution in [-0.4, -0.2) is 28.1 Å². The van der Waals surface area contributed by atoms with Crippen LogP contribution in [0.15, 0.2) is 41.3 Å². The molecule has 3 rings (SSSR count). The minimum atomic E-state index is -0.270. The lowest BCUT2D eigenvalue weighted by Crippen LogP contribution is -2.17. The zero-order valence-electron chi connectivity index (χ0n) is 17.3. The molecule has 29 heavy (non-hydrogen) atoms. The summed E-state index contributed by atoms with van der Waals surface area (Å²) in [6, 6.07) is 3.27. The average molecular weight is 414 g/mol. The molecule has 0 bridgehead atoms. The van der Waals surface area contributed by atoms with Crippen molar-refractivity contribution >= 4 is 22.4 Å². The van der Waals surface area contributed by atoms with E-state index in [-0.39, 0.29) is 18.1 Å². The molecule has 0 saturated heterocycles. The van der Waals surface area contributed by atoms with E-state index < -0.39 is 0 Å². The fourth-order valence-corrected chi connectivity index (χ4v) is 3.68. The number of carbonyl (C=O) groups is 1. The Balaban J connectivity index is 1.76. The van der Waals surface area contributed by atoms with Crippen molar-refractivity contribution in [3.05, 3.63) is 52.6 Å². The standard InChI is InChI=1S/C22H27N3O3S/c1-14(2)27-19-11-18(21(26)25-22-23-15(3)13-29-22)12-20(24-19)28-16(4)10-17-8-6-5-7-9-17/h5-6,8,11-14,16H,7,9-10H2,1-4H3,(H,23,25,26)/t16-/m0/s1. The number of nitrogens with one attached hydrogen (secondary N) is 1. The van der Waals surface area contributed by atoms with E-state index >= 15 is 0 Å². The number of rotatable bonds is 8. The number of hydrogen-bond donors (Lipinski definition) is 1. The van der Waals surface area contributed by atoms with Gasteiger partial charge in [-0.2, -0.15) is 4.98 Å². The number of nitrogens with zero attached hydrogens (tertiary/aromatic N) is 2. The Hall–Kier alpha value is -2.67. The van der Waals surface area contributed by atoms with E-state index in [4.69, 9.17) is 9.47 Å². The summed E-state index contributed by atoms with van der Waals surface area (Å²) in [4.78, 5) is 21.4. The lowest BCUT2D eigenvalue weighted by Gasteiger charge is -2.18. The van der Waals surface area contributed by atoms with E-state index in [1.54, 1.807) is 12.1 Å². The summed E-state index contributed by atoms with van der Waals surface area (Å²) in [6.07, 6.45) is 9.20. The Morgan fingerprint density at radius 2 is 1.97 bits per heavy atom. The van der Waals surface area contributed by atoms with Crippen LogP contribution in [0.4, 0.5) is 5.13 Å². The van der Waals surface area contributed by atoms with Gasteiger partial charge in [0.1, 0.15) is 6.10 Å². The Morgan fingerprint density at radius 1 is 1.21 bits per heavy atom. The molecular formula is C22H27N3O3S. The minimum Gasteiger partial charge on any atom is -0.475 e. The lowest BCUT2D eigenvalue weighted by atomic mass is 10.00. The van der Waals surface area contributed by atoms with Gasteiger partial charge in [0, 0.05) is 23.9 Å². The van der Waals surface area contributed by atoms with E-state index in [1.807, 2.05) is 33.1 Å². The quantitative estimate of drug-likeness (QED) is 0.634. The summed E-state index contributed by atoms with van der Waals surface area (Å²) in [6.45, 7) is 7.73. The van der Waals surface area contributed by atoms with Crippen molar-refractivity contribution in [2.24, 2.45) is 0 Å². The number of ether oxygens (including phenoxy) is 2. The van der Waals surface area contributed by atoms with Crippen LogP contribution in [0.3, 0.4) is 0 Å². The molecule has 1 N–H and O–H groups in total. The average Bonchev–Trinajstić information content (AvgIpc) is 3.06. The van der Waals surface area contributed by atoms with Crippen molar-refractivity contribution in [2.45, 2.75) is 59.2 Å². The first-order valence-electron chi connectivity index (χ1n) is 9.82. The van der Waals surface area contributed by atoms with Crippen LogP contribution in [0.2, 0.25) is 0 Å². The molecule has 1 aliphatic carbocycles. The molecule has 0 aromatic carbocycles. The summed E-state index contributed by atoms with van der Waals surface area (Å²) in [5, 5.41) is 5.27. The van der Waals surface area contributed by atoms with Crippen LogP contribution in [-0.2, 0) is 0 Å². The third kappa shape index (κ3) is 6.42. The molecule has 1 amide bonds. The van der Waals surface area contributed by atoms with Gasteiger partial charge in [-0.1, -0.05) is 23.8 Å². The number of thiazole rings is 1. The molecule has 0 fully saturated rings. The number of carbonyl (C=O) groups excluding carboxylic acids is 1. The van der Waals surface area contributed by atoms with Crippen molar-refractivity contribution in [3.8, 4) is 11.8 Å². The first-order chi connectivity index (χ1) is 13.9. The van der Waals surface area contributed by atoms with Crippen molar-refractivity contribution in [1.29, 1.82) is 0 Å². The summed E-state index contributed by atoms with van der Waals surface area (Å²) in [7, 11) is 0. The van der Waals surface area contributed by atoms with Crippen LogP contribution in [0.25, 0.3) is 0 Å². The Bertz CT molecular complexity index is 918. The molecule has 1 aliphatic rings. The zero-order chi connectivity index (χ0) is 20.8. The molecule has 0 spiro atoms. The van der Waals surface area contributed by atoms with Crippen LogP contribution in [0.5, 0.6) is 11.8 Å². The van der Waals surface area contributed by atoms with Gasteiger partial charge in [-0.05, 0) is 40.5 Å². The fourth-order valence-electron chi connectivity index (χ4n) is 2.99. The maximum Gasteiger partial charge on any atom is 0.257 e. The van der Waals surface area contributed by atoms with Gasteiger partial charge in [-0.15, -0.1) is 11.3 Å². The number of amides is 1. The molecule has 1 atom stereocenters. The van der Waals surface area contributed by atoms with E-state index in [0.29, 0.717) is 22.5 Å². The molecular weight excluding hydrogens is 386 g/mol. The summed E-state index contributed by atoms with van der Waals surface area (Å²) in [5.41, 5.74) is 2.64. The van der Waals surface area contributed by atoms with Gasteiger partial charge < -0.3 is 9.47 Å². The molecule has 154 valence electrons. The Kier molecular flexibility index (Phi) is 7.04. The van der Waals surface area contributed by atoms with Gasteiger partial charge >= 0.3 is 0 Å². The van der Waals surface area contributed by atoms with Gasteiger partial charge in [0.15, 0.2) is 5.13 Å². The van der Waals surface area contributed by atoms with Crippen molar-refractivity contribution in [2.75, 3.05) is 5.32 Å². The summed E-state index contributed by atoms with van der Waals surface area (Å²) >= 11 is 1.39. The number of hydrogen-bond acceptors (Lipinski definition) is 6. The number of pyridine rings is 1. The zero-order valence-corrected chi connectivity index (χ0v) is 18.1. The maximum atomic E-state index is 12.7. The van der Waals surface area contributed by atoms with Crippen LogP contribution in [0.1, 0.15) is 56.1 Å². The molecule has 0 radical (unpaired) electrons. The van der Waals surface area contributed by atoms with Crippen molar-refractivity contribution < 1.29 is 14.3 Å². The van der Waals surface area contributed by atoms with E-state index in [1.165, 1.54) is 16.9 Å². The topological polar surface area (TPSA) is 73.3 Å². The maximum absolute atomic E-state index is 12.7. The lowest BCUT2D eigenvalue weighted by molar-refractivity contribution is 0.102. The highest BCUT2D eigenvalue weighted by Crippen LogP contribution is 2.24. The third-order valence-corrected chi connectivity index (χ3v) is 5.08. The number of allylic oxidation sites excluding steroid dienone is 3. The summed E-state index contributed by atoms with van der Waals surface area (Å²) < 4.78 is 11.8. The van der Waals surface area contributed by atoms with Gasteiger partial charge in [-0.3, -0.25) is 10.1 Å². The molecule has 2 aromatic rings. The molecule has 6 nitrogen and oxygen atoms in total. The van der Waals surface area contributed by atoms with E-state index in [0.717, 1.165) is 25.0 Å². The monoisotopic (exact) mass is 413 g/mol. The fraction of sp³-hybridized carbons (Fsp3) is 0.409. The first-order valence-corrected chi connectivity index (χ1v) is 10.7. The van der Waals surface area contributed by atoms with Crippen molar-refractivity contribution in [3.63, 3.8) is 0 Å². The molecule has 0 saturated carbocycles. The molecule has 7 heteroatoms. The molecule has 0 aliphatic heterocycles. The normalized spacial score (nSPS) is 14.4. The number of anilines is 1. The second kappa shape index (κ2) is 9.69. The number of aryl methyl sites for hydroxylation is 1. The summed E-state index contributed by atoms with van der Waals surface area (Å²) in [5.74, 6) is 0.473. The second-order valence-electron chi connectivity index (χ2n) is 7.37. The first kappa shape index (κ1) is 21.0. The van der Waals surface area contributed by atoms with Gasteiger partial charge in [0.25, 0.3) is 5.91 Å². The second-order valence-corrected chi connectivity index (χ2v) is 8.23. The Morgan fingerprint density at radius 3 is 2.59 bits per heavy atom. The molecule has 2 aromatic heterocycles. The van der Waals surface area contributed by atoms with Crippen molar-refractivity contribution in [1.82, 2.24) is 9.97 Å². The SMILES string of the molecule is Cc1csc(NC(=O)c2cc(OC(C)C)nc(O[C@@H](C)CC3=CC=CCC3)c2)n1. The largest absolute Gasteiger partial charge is 0.475 e. The molecule has 0 unspecified atom stereocenters. The molecule has 2 heterocycles. The minimum absolute atomic E-state index is 0.0629. The van der Waals surface area contributed by atoms with E-state index in [9.17, 15) is 4.79 Å². The van der Waals surface area contributed by atoms with Crippen LogP contribution < -0.4 is 14.8 Å². The highest BCUT2D eigenvalue weighted by molar-refractivity contribution is 7.13. The van der Waals surface area contributed by atoms with Gasteiger partial charge in [-0.25, -0.2) is 4.98 Å². The Labute approximate surface area is 175 Å². The van der Waals surface area contributed by atoms with Gasteiger partial charge in [0.05, 0.1) is 17.4 Å². The van der Waals surface area contributed by atoms with Crippen LogP contribution in [0, 0.1) is 6.92 Å². The predicted octanol–water partition coefficient (Wildman–Crippen LogP) is 5.32.